The van der Waals surface area contributed by atoms with Crippen LogP contribution < -0.4 is 15.2 Å². The van der Waals surface area contributed by atoms with Crippen molar-refractivity contribution in [3.05, 3.63) is 23.8 Å². The standard InChI is InChI=1S/C14H21NO2S/c1-14(7-4-8-18-14)13(15)10-5-6-11(16-2)12(9-10)17-3/h5-6,9,13H,4,7-8,15H2,1-3H3. The van der Waals surface area contributed by atoms with Crippen molar-refractivity contribution in [3.63, 3.8) is 0 Å². The molecule has 0 radical (unpaired) electrons. The van der Waals surface area contributed by atoms with Gasteiger partial charge in [-0.2, -0.15) is 11.8 Å². The first-order valence-corrected chi connectivity index (χ1v) is 7.21. The summed E-state index contributed by atoms with van der Waals surface area (Å²) in [6, 6.07) is 5.99. The quantitative estimate of drug-likeness (QED) is 0.911. The highest BCUT2D eigenvalue weighted by Gasteiger charge is 2.36. The minimum atomic E-state index is 0.0322. The number of methoxy groups -OCH3 is 2. The summed E-state index contributed by atoms with van der Waals surface area (Å²) in [7, 11) is 3.30. The van der Waals surface area contributed by atoms with E-state index in [1.165, 1.54) is 18.6 Å². The topological polar surface area (TPSA) is 44.5 Å². The SMILES string of the molecule is COc1ccc(C(N)C2(C)CCCS2)cc1OC. The molecular formula is C14H21NO2S. The molecule has 1 aliphatic rings. The van der Waals surface area contributed by atoms with Crippen molar-refractivity contribution in [1.82, 2.24) is 0 Å². The van der Waals surface area contributed by atoms with E-state index in [9.17, 15) is 0 Å². The van der Waals surface area contributed by atoms with Crippen LogP contribution in [0.3, 0.4) is 0 Å². The zero-order chi connectivity index (χ0) is 13.2. The van der Waals surface area contributed by atoms with Gasteiger partial charge in [0, 0.05) is 10.8 Å². The minimum Gasteiger partial charge on any atom is -0.493 e. The molecule has 18 heavy (non-hydrogen) atoms. The lowest BCUT2D eigenvalue weighted by atomic mass is 9.91. The predicted molar refractivity (Wildman–Crippen MR) is 76.6 cm³/mol. The zero-order valence-corrected chi connectivity index (χ0v) is 12.0. The molecule has 2 rings (SSSR count). The smallest absolute Gasteiger partial charge is 0.161 e. The third-order valence-corrected chi connectivity index (χ3v) is 5.28. The molecule has 1 aromatic rings. The number of rotatable bonds is 4. The lowest BCUT2D eigenvalue weighted by Crippen LogP contribution is -2.33. The molecule has 100 valence electrons. The van der Waals surface area contributed by atoms with Crippen LogP contribution in [0.1, 0.15) is 31.4 Å². The molecule has 2 unspecified atom stereocenters. The van der Waals surface area contributed by atoms with Gasteiger partial charge in [-0.3, -0.25) is 0 Å². The Morgan fingerprint density at radius 2 is 2.00 bits per heavy atom. The van der Waals surface area contributed by atoms with E-state index >= 15 is 0 Å². The van der Waals surface area contributed by atoms with Gasteiger partial charge in [-0.1, -0.05) is 6.07 Å². The van der Waals surface area contributed by atoms with Crippen molar-refractivity contribution in [2.24, 2.45) is 5.73 Å². The van der Waals surface area contributed by atoms with Crippen molar-refractivity contribution in [3.8, 4) is 11.5 Å². The number of ether oxygens (including phenoxy) is 2. The van der Waals surface area contributed by atoms with E-state index in [4.69, 9.17) is 15.2 Å². The lowest BCUT2D eigenvalue weighted by Gasteiger charge is -2.30. The molecule has 1 aliphatic heterocycles. The third kappa shape index (κ3) is 2.45. The van der Waals surface area contributed by atoms with Crippen molar-refractivity contribution in [1.29, 1.82) is 0 Å². The molecule has 0 aliphatic carbocycles. The summed E-state index contributed by atoms with van der Waals surface area (Å²) in [6.07, 6.45) is 2.43. The molecule has 4 heteroatoms. The first kappa shape index (κ1) is 13.6. The van der Waals surface area contributed by atoms with Crippen LogP contribution in [-0.4, -0.2) is 24.7 Å². The average molecular weight is 267 g/mol. The summed E-state index contributed by atoms with van der Waals surface area (Å²) in [5.41, 5.74) is 7.55. The maximum Gasteiger partial charge on any atom is 0.161 e. The van der Waals surface area contributed by atoms with Gasteiger partial charge in [0.05, 0.1) is 14.2 Å². The third-order valence-electron chi connectivity index (χ3n) is 3.67. The van der Waals surface area contributed by atoms with Crippen LogP contribution in [0.25, 0.3) is 0 Å². The normalized spacial score (nSPS) is 24.9. The molecule has 1 heterocycles. The predicted octanol–water partition coefficient (Wildman–Crippen LogP) is 2.99. The van der Waals surface area contributed by atoms with Gasteiger partial charge in [-0.15, -0.1) is 0 Å². The molecule has 2 N–H and O–H groups in total. The van der Waals surface area contributed by atoms with Crippen molar-refractivity contribution in [2.45, 2.75) is 30.6 Å². The van der Waals surface area contributed by atoms with E-state index in [2.05, 4.69) is 6.92 Å². The van der Waals surface area contributed by atoms with Crippen molar-refractivity contribution >= 4 is 11.8 Å². The fraction of sp³-hybridized carbons (Fsp3) is 0.571. The number of hydrogen-bond acceptors (Lipinski definition) is 4. The van der Waals surface area contributed by atoms with Crippen LogP contribution in [0.4, 0.5) is 0 Å². The fourth-order valence-electron chi connectivity index (χ4n) is 2.44. The Morgan fingerprint density at radius 1 is 1.28 bits per heavy atom. The Kier molecular flexibility index (Phi) is 4.07. The molecule has 1 fully saturated rings. The van der Waals surface area contributed by atoms with Crippen LogP contribution in [0, 0.1) is 0 Å². The molecule has 3 nitrogen and oxygen atoms in total. The molecule has 0 aromatic heterocycles. The highest BCUT2D eigenvalue weighted by atomic mass is 32.2. The van der Waals surface area contributed by atoms with Gasteiger partial charge >= 0.3 is 0 Å². The Bertz CT molecular complexity index is 416. The van der Waals surface area contributed by atoms with Crippen LogP contribution >= 0.6 is 11.8 Å². The highest BCUT2D eigenvalue weighted by molar-refractivity contribution is 8.00. The van der Waals surface area contributed by atoms with E-state index < -0.39 is 0 Å². The summed E-state index contributed by atoms with van der Waals surface area (Å²) in [5, 5.41) is 0. The van der Waals surface area contributed by atoms with Crippen LogP contribution in [0.5, 0.6) is 11.5 Å². The summed E-state index contributed by atoms with van der Waals surface area (Å²) < 4.78 is 10.7. The highest BCUT2D eigenvalue weighted by Crippen LogP contribution is 2.46. The van der Waals surface area contributed by atoms with E-state index in [0.717, 1.165) is 17.1 Å². The summed E-state index contributed by atoms with van der Waals surface area (Å²) in [5.74, 6) is 2.70. The maximum atomic E-state index is 6.43. The summed E-state index contributed by atoms with van der Waals surface area (Å²) in [6.45, 7) is 2.26. The largest absolute Gasteiger partial charge is 0.493 e. The molecule has 2 atom stereocenters. The Balaban J connectivity index is 2.27. The molecular weight excluding hydrogens is 246 g/mol. The Hall–Kier alpha value is -0.870. The average Bonchev–Trinajstić information content (AvgIpc) is 2.85. The number of nitrogens with two attached hydrogens (primary N) is 1. The van der Waals surface area contributed by atoms with Gasteiger partial charge in [0.2, 0.25) is 0 Å². The molecule has 1 saturated heterocycles. The maximum absolute atomic E-state index is 6.43. The molecule has 0 amide bonds. The van der Waals surface area contributed by atoms with E-state index in [1.807, 2.05) is 30.0 Å². The van der Waals surface area contributed by atoms with Gasteiger partial charge in [-0.05, 0) is 43.2 Å². The first-order valence-electron chi connectivity index (χ1n) is 6.22. The molecule has 0 bridgehead atoms. The summed E-state index contributed by atoms with van der Waals surface area (Å²) >= 11 is 1.97. The molecule has 1 aromatic carbocycles. The van der Waals surface area contributed by atoms with Crippen LogP contribution in [-0.2, 0) is 0 Å². The van der Waals surface area contributed by atoms with Gasteiger partial charge in [0.1, 0.15) is 0 Å². The minimum absolute atomic E-state index is 0.0322. The summed E-state index contributed by atoms with van der Waals surface area (Å²) in [4.78, 5) is 0. The van der Waals surface area contributed by atoms with Gasteiger partial charge in [0.25, 0.3) is 0 Å². The van der Waals surface area contributed by atoms with E-state index in [-0.39, 0.29) is 10.8 Å². The van der Waals surface area contributed by atoms with Crippen molar-refractivity contribution in [2.75, 3.05) is 20.0 Å². The first-order chi connectivity index (χ1) is 8.60. The lowest BCUT2D eigenvalue weighted by molar-refractivity contribution is 0.353. The molecule has 0 saturated carbocycles. The monoisotopic (exact) mass is 267 g/mol. The Morgan fingerprint density at radius 3 is 2.56 bits per heavy atom. The fourth-order valence-corrected chi connectivity index (χ4v) is 3.80. The number of hydrogen-bond donors (Lipinski definition) is 1. The van der Waals surface area contributed by atoms with E-state index in [1.54, 1.807) is 14.2 Å². The van der Waals surface area contributed by atoms with Crippen LogP contribution in [0.2, 0.25) is 0 Å². The second-order valence-corrected chi connectivity index (χ2v) is 6.49. The number of benzene rings is 1. The zero-order valence-electron chi connectivity index (χ0n) is 11.2. The van der Waals surface area contributed by atoms with Gasteiger partial charge < -0.3 is 15.2 Å². The number of thioether (sulfide) groups is 1. The second-order valence-electron chi connectivity index (χ2n) is 4.86. The van der Waals surface area contributed by atoms with E-state index in [0.29, 0.717) is 0 Å². The second kappa shape index (κ2) is 5.41. The van der Waals surface area contributed by atoms with Gasteiger partial charge in [-0.25, -0.2) is 0 Å². The van der Waals surface area contributed by atoms with Crippen molar-refractivity contribution < 1.29 is 9.47 Å². The Labute approximate surface area is 113 Å². The molecule has 0 spiro atoms. The van der Waals surface area contributed by atoms with Crippen LogP contribution in [0.15, 0.2) is 18.2 Å². The van der Waals surface area contributed by atoms with Gasteiger partial charge in [0.15, 0.2) is 11.5 Å².